The predicted molar refractivity (Wildman–Crippen MR) is 91.6 cm³/mol. The Labute approximate surface area is 138 Å². The molecule has 5 nitrogen and oxygen atoms in total. The van der Waals surface area contributed by atoms with Gasteiger partial charge in [0.25, 0.3) is 0 Å². The van der Waals surface area contributed by atoms with Gasteiger partial charge in [-0.05, 0) is 43.9 Å². The van der Waals surface area contributed by atoms with Crippen LogP contribution < -0.4 is 10.2 Å². The lowest BCUT2D eigenvalue weighted by Gasteiger charge is -2.21. The lowest BCUT2D eigenvalue weighted by atomic mass is 10.2. The molecule has 1 aliphatic heterocycles. The van der Waals surface area contributed by atoms with Gasteiger partial charge in [-0.1, -0.05) is 18.2 Å². The standard InChI is InChI=1S/C18H27N3O2/c1-20(12-17(22)15-6-7-15)13-18(23)19-9-11-21-10-8-14-4-2-3-5-16(14)21/h2-5,15,17,22H,6-13H2,1H3,(H,19,23). The van der Waals surface area contributed by atoms with E-state index in [0.29, 0.717) is 25.6 Å². The highest BCUT2D eigenvalue weighted by atomic mass is 16.3. The second kappa shape index (κ2) is 7.32. The summed E-state index contributed by atoms with van der Waals surface area (Å²) >= 11 is 0. The molecule has 1 heterocycles. The number of likely N-dealkylation sites (N-methyl/N-ethyl adjacent to an activating group) is 1. The molecule has 0 aromatic heterocycles. The zero-order valence-electron chi connectivity index (χ0n) is 13.9. The number of hydrogen-bond acceptors (Lipinski definition) is 4. The van der Waals surface area contributed by atoms with Crippen molar-refractivity contribution in [3.63, 3.8) is 0 Å². The van der Waals surface area contributed by atoms with Crippen LogP contribution in [-0.2, 0) is 11.2 Å². The quantitative estimate of drug-likeness (QED) is 0.747. The molecule has 1 atom stereocenters. The Morgan fingerprint density at radius 1 is 1.43 bits per heavy atom. The van der Waals surface area contributed by atoms with E-state index in [1.807, 2.05) is 11.9 Å². The number of anilines is 1. The number of benzene rings is 1. The fraction of sp³-hybridized carbons (Fsp3) is 0.611. The normalized spacial score (nSPS) is 18.1. The summed E-state index contributed by atoms with van der Waals surface area (Å²) in [5, 5.41) is 12.9. The minimum absolute atomic E-state index is 0.0305. The summed E-state index contributed by atoms with van der Waals surface area (Å²) < 4.78 is 0. The fourth-order valence-electron chi connectivity index (χ4n) is 3.28. The van der Waals surface area contributed by atoms with E-state index in [4.69, 9.17) is 0 Å². The fourth-order valence-corrected chi connectivity index (χ4v) is 3.28. The van der Waals surface area contributed by atoms with Gasteiger partial charge in [0.15, 0.2) is 0 Å². The molecular weight excluding hydrogens is 290 g/mol. The first kappa shape index (κ1) is 16.3. The summed E-state index contributed by atoms with van der Waals surface area (Å²) in [5.74, 6) is 0.485. The zero-order valence-corrected chi connectivity index (χ0v) is 13.9. The van der Waals surface area contributed by atoms with Gasteiger partial charge in [-0.25, -0.2) is 0 Å². The van der Waals surface area contributed by atoms with Crippen LogP contribution in [0, 0.1) is 5.92 Å². The number of amides is 1. The van der Waals surface area contributed by atoms with Crippen molar-refractivity contribution in [2.75, 3.05) is 44.7 Å². The predicted octanol–water partition coefficient (Wildman–Crippen LogP) is 0.868. The Kier molecular flexibility index (Phi) is 5.18. The molecule has 1 fully saturated rings. The van der Waals surface area contributed by atoms with E-state index < -0.39 is 0 Å². The van der Waals surface area contributed by atoms with E-state index in [1.165, 1.54) is 11.3 Å². The Morgan fingerprint density at radius 2 is 2.22 bits per heavy atom. The van der Waals surface area contributed by atoms with Gasteiger partial charge in [-0.3, -0.25) is 9.69 Å². The van der Waals surface area contributed by atoms with Crippen LogP contribution in [0.25, 0.3) is 0 Å². The molecule has 1 aliphatic carbocycles. The zero-order chi connectivity index (χ0) is 16.2. The van der Waals surface area contributed by atoms with Crippen LogP contribution in [-0.4, -0.2) is 61.8 Å². The highest BCUT2D eigenvalue weighted by molar-refractivity contribution is 5.78. The van der Waals surface area contributed by atoms with Gasteiger partial charge in [-0.2, -0.15) is 0 Å². The van der Waals surface area contributed by atoms with Crippen LogP contribution in [0.1, 0.15) is 18.4 Å². The maximum Gasteiger partial charge on any atom is 0.234 e. The number of aliphatic hydroxyl groups is 1. The Morgan fingerprint density at radius 3 is 3.00 bits per heavy atom. The molecule has 1 amide bonds. The molecule has 0 spiro atoms. The molecule has 5 heteroatoms. The SMILES string of the molecule is CN(CC(=O)NCCN1CCc2ccccc21)CC(O)C1CC1. The summed E-state index contributed by atoms with van der Waals surface area (Å²) in [7, 11) is 1.89. The van der Waals surface area contributed by atoms with E-state index in [9.17, 15) is 9.90 Å². The molecule has 23 heavy (non-hydrogen) atoms. The van der Waals surface area contributed by atoms with Crippen molar-refractivity contribution < 1.29 is 9.90 Å². The van der Waals surface area contributed by atoms with Crippen LogP contribution in [0.4, 0.5) is 5.69 Å². The summed E-state index contributed by atoms with van der Waals surface area (Å²) in [5.41, 5.74) is 2.69. The monoisotopic (exact) mass is 317 g/mol. The highest BCUT2D eigenvalue weighted by Crippen LogP contribution is 2.32. The Bertz CT molecular complexity index is 545. The third-order valence-corrected chi connectivity index (χ3v) is 4.77. The average molecular weight is 317 g/mol. The summed E-state index contributed by atoms with van der Waals surface area (Å²) in [6.07, 6.45) is 3.05. The van der Waals surface area contributed by atoms with Crippen molar-refractivity contribution in [3.05, 3.63) is 29.8 Å². The average Bonchev–Trinajstić information content (AvgIpc) is 3.30. The molecule has 1 aromatic carbocycles. The van der Waals surface area contributed by atoms with E-state index in [0.717, 1.165) is 32.4 Å². The minimum atomic E-state index is -0.283. The molecule has 0 saturated heterocycles. The van der Waals surface area contributed by atoms with E-state index >= 15 is 0 Å². The molecular formula is C18H27N3O2. The van der Waals surface area contributed by atoms with Crippen molar-refractivity contribution in [1.82, 2.24) is 10.2 Å². The van der Waals surface area contributed by atoms with Crippen molar-refractivity contribution >= 4 is 11.6 Å². The van der Waals surface area contributed by atoms with E-state index in [2.05, 4.69) is 34.5 Å². The molecule has 126 valence electrons. The van der Waals surface area contributed by atoms with E-state index in [-0.39, 0.29) is 12.0 Å². The number of nitrogens with one attached hydrogen (secondary N) is 1. The second-order valence-electron chi connectivity index (χ2n) is 6.82. The minimum Gasteiger partial charge on any atom is -0.392 e. The lowest BCUT2D eigenvalue weighted by Crippen LogP contribution is -2.41. The first-order valence-corrected chi connectivity index (χ1v) is 8.59. The third kappa shape index (κ3) is 4.45. The van der Waals surface area contributed by atoms with Crippen LogP contribution in [0.3, 0.4) is 0 Å². The first-order valence-electron chi connectivity index (χ1n) is 8.59. The van der Waals surface area contributed by atoms with Crippen molar-refractivity contribution in [2.24, 2.45) is 5.92 Å². The molecule has 3 rings (SSSR count). The summed E-state index contributed by atoms with van der Waals surface area (Å²) in [6.45, 7) is 3.46. The third-order valence-electron chi connectivity index (χ3n) is 4.77. The number of aliphatic hydroxyl groups excluding tert-OH is 1. The van der Waals surface area contributed by atoms with Gasteiger partial charge < -0.3 is 15.3 Å². The Balaban J connectivity index is 1.35. The number of hydrogen-bond donors (Lipinski definition) is 2. The number of carbonyl (C=O) groups excluding carboxylic acids is 1. The number of nitrogens with zero attached hydrogens (tertiary/aromatic N) is 2. The van der Waals surface area contributed by atoms with Gasteiger partial charge in [0.1, 0.15) is 0 Å². The number of fused-ring (bicyclic) bond motifs is 1. The number of para-hydroxylation sites is 1. The number of rotatable bonds is 8. The maximum atomic E-state index is 12.0. The van der Waals surface area contributed by atoms with Crippen LogP contribution in [0.15, 0.2) is 24.3 Å². The molecule has 1 unspecified atom stereocenters. The van der Waals surface area contributed by atoms with Crippen molar-refractivity contribution in [1.29, 1.82) is 0 Å². The van der Waals surface area contributed by atoms with Gasteiger partial charge in [-0.15, -0.1) is 0 Å². The largest absolute Gasteiger partial charge is 0.392 e. The van der Waals surface area contributed by atoms with Crippen molar-refractivity contribution in [2.45, 2.75) is 25.4 Å². The topological polar surface area (TPSA) is 55.8 Å². The van der Waals surface area contributed by atoms with E-state index in [1.54, 1.807) is 0 Å². The van der Waals surface area contributed by atoms with Gasteiger partial charge in [0.05, 0.1) is 12.6 Å². The Hall–Kier alpha value is -1.59. The van der Waals surface area contributed by atoms with Crippen LogP contribution in [0.2, 0.25) is 0 Å². The van der Waals surface area contributed by atoms with Gasteiger partial charge in [0, 0.05) is 31.9 Å². The van der Waals surface area contributed by atoms with Crippen LogP contribution in [0.5, 0.6) is 0 Å². The molecule has 1 saturated carbocycles. The van der Waals surface area contributed by atoms with Crippen LogP contribution >= 0.6 is 0 Å². The molecule has 0 radical (unpaired) electrons. The smallest absolute Gasteiger partial charge is 0.234 e. The van der Waals surface area contributed by atoms with Crippen molar-refractivity contribution in [3.8, 4) is 0 Å². The summed E-state index contributed by atoms with van der Waals surface area (Å²) in [4.78, 5) is 16.2. The lowest BCUT2D eigenvalue weighted by molar-refractivity contribution is -0.122. The second-order valence-corrected chi connectivity index (χ2v) is 6.82. The molecule has 2 aliphatic rings. The first-order chi connectivity index (χ1) is 11.1. The number of carbonyl (C=O) groups is 1. The maximum absolute atomic E-state index is 12.0. The molecule has 1 aromatic rings. The molecule has 2 N–H and O–H groups in total. The highest BCUT2D eigenvalue weighted by Gasteiger charge is 2.30. The summed E-state index contributed by atoms with van der Waals surface area (Å²) in [6, 6.07) is 8.47. The van der Waals surface area contributed by atoms with Gasteiger partial charge >= 0.3 is 0 Å². The van der Waals surface area contributed by atoms with Gasteiger partial charge in [0.2, 0.25) is 5.91 Å². The molecule has 0 bridgehead atoms.